The summed E-state index contributed by atoms with van der Waals surface area (Å²) in [6, 6.07) is -0.0536. The Morgan fingerprint density at radius 2 is 1.60 bits per heavy atom. The number of likely N-dealkylation sites (tertiary alicyclic amines) is 1. The molecule has 0 aromatic carbocycles. The minimum atomic E-state index is -0.509. The molecule has 0 aromatic rings. The van der Waals surface area contributed by atoms with Crippen LogP contribution in [0.15, 0.2) is 0 Å². The summed E-state index contributed by atoms with van der Waals surface area (Å²) in [5.41, 5.74) is 0. The Morgan fingerprint density at radius 1 is 0.900 bits per heavy atom. The second-order valence-electron chi connectivity index (χ2n) is 6.42. The summed E-state index contributed by atoms with van der Waals surface area (Å²) in [6.45, 7) is 4.16. The maximum absolute atomic E-state index is 10.7. The van der Waals surface area contributed by atoms with E-state index in [0.29, 0.717) is 13.0 Å². The van der Waals surface area contributed by atoms with Crippen LogP contribution in [0.5, 0.6) is 0 Å². The van der Waals surface area contributed by atoms with Gasteiger partial charge >= 0.3 is 0 Å². The Kier molecular flexibility index (Phi) is 4.59. The van der Waals surface area contributed by atoms with Crippen molar-refractivity contribution in [1.82, 2.24) is 14.9 Å². The lowest BCUT2D eigenvalue weighted by atomic mass is 9.99. The Morgan fingerprint density at radius 3 is 2.25 bits per heavy atom. The van der Waals surface area contributed by atoms with Crippen LogP contribution in [0.1, 0.15) is 32.1 Å². The van der Waals surface area contributed by atoms with Crippen LogP contribution in [-0.2, 0) is 0 Å². The highest BCUT2D eigenvalue weighted by atomic mass is 16.3. The molecule has 20 heavy (non-hydrogen) atoms. The van der Waals surface area contributed by atoms with Crippen molar-refractivity contribution < 1.29 is 15.3 Å². The van der Waals surface area contributed by atoms with E-state index in [9.17, 15) is 15.3 Å². The molecule has 0 saturated carbocycles. The van der Waals surface area contributed by atoms with Gasteiger partial charge < -0.3 is 15.3 Å². The SMILES string of the molecule is OC1CCN(N2CCC(O)C2)C(C(O)N2CCCC2)C1. The first kappa shape index (κ1) is 14.7. The number of nitrogens with zero attached hydrogens (tertiary/aromatic N) is 3. The Hall–Kier alpha value is -0.240. The van der Waals surface area contributed by atoms with Gasteiger partial charge in [-0.05, 0) is 32.1 Å². The first-order valence-electron chi connectivity index (χ1n) is 7.95. The van der Waals surface area contributed by atoms with E-state index in [1.807, 2.05) is 0 Å². The van der Waals surface area contributed by atoms with Crippen LogP contribution in [0.25, 0.3) is 0 Å². The van der Waals surface area contributed by atoms with Gasteiger partial charge in [0.05, 0.1) is 18.2 Å². The van der Waals surface area contributed by atoms with Gasteiger partial charge in [0.25, 0.3) is 0 Å². The first-order valence-corrected chi connectivity index (χ1v) is 7.95. The van der Waals surface area contributed by atoms with Crippen LogP contribution in [0.3, 0.4) is 0 Å². The summed E-state index contributed by atoms with van der Waals surface area (Å²) in [7, 11) is 0. The van der Waals surface area contributed by atoms with Crippen molar-refractivity contribution in [3.05, 3.63) is 0 Å². The van der Waals surface area contributed by atoms with Gasteiger partial charge in [-0.2, -0.15) is 0 Å². The van der Waals surface area contributed by atoms with Gasteiger partial charge in [-0.15, -0.1) is 0 Å². The standard InChI is InChI=1S/C14H27N3O3/c18-11-4-8-17(16-7-3-12(19)10-16)13(9-11)14(20)15-5-1-2-6-15/h11-14,18-20H,1-10H2. The highest BCUT2D eigenvalue weighted by Crippen LogP contribution is 2.27. The van der Waals surface area contributed by atoms with E-state index >= 15 is 0 Å². The summed E-state index contributed by atoms with van der Waals surface area (Å²) in [6.07, 6.45) is 3.37. The third-order valence-corrected chi connectivity index (χ3v) is 4.95. The van der Waals surface area contributed by atoms with E-state index in [4.69, 9.17) is 0 Å². The lowest BCUT2D eigenvalue weighted by molar-refractivity contribution is -0.158. The largest absolute Gasteiger partial charge is 0.393 e. The topological polar surface area (TPSA) is 70.4 Å². The molecular weight excluding hydrogens is 258 g/mol. The number of piperidine rings is 1. The summed E-state index contributed by atoms with van der Waals surface area (Å²) in [4.78, 5) is 2.13. The molecular formula is C14H27N3O3. The number of hydrogen-bond acceptors (Lipinski definition) is 6. The van der Waals surface area contributed by atoms with Gasteiger partial charge in [-0.3, -0.25) is 4.90 Å². The molecule has 116 valence electrons. The Balaban J connectivity index is 1.69. The van der Waals surface area contributed by atoms with Gasteiger partial charge in [-0.25, -0.2) is 10.0 Å². The maximum atomic E-state index is 10.7. The van der Waals surface area contributed by atoms with Gasteiger partial charge in [0.1, 0.15) is 6.23 Å². The third-order valence-electron chi connectivity index (χ3n) is 4.95. The molecule has 6 nitrogen and oxygen atoms in total. The molecule has 0 amide bonds. The van der Waals surface area contributed by atoms with E-state index < -0.39 is 6.23 Å². The molecule has 3 N–H and O–H groups in total. The van der Waals surface area contributed by atoms with E-state index in [-0.39, 0.29) is 18.2 Å². The fourth-order valence-electron chi connectivity index (χ4n) is 3.80. The Bertz CT molecular complexity index is 325. The zero-order chi connectivity index (χ0) is 14.1. The fourth-order valence-corrected chi connectivity index (χ4v) is 3.80. The van der Waals surface area contributed by atoms with Crippen molar-refractivity contribution in [1.29, 1.82) is 0 Å². The summed E-state index contributed by atoms with van der Waals surface area (Å²) >= 11 is 0. The van der Waals surface area contributed by atoms with E-state index in [0.717, 1.165) is 51.9 Å². The number of hydrazine groups is 1. The van der Waals surface area contributed by atoms with Gasteiger partial charge in [0.15, 0.2) is 0 Å². The average Bonchev–Trinajstić information content (AvgIpc) is 3.09. The monoisotopic (exact) mass is 285 g/mol. The molecule has 0 bridgehead atoms. The molecule has 3 aliphatic heterocycles. The van der Waals surface area contributed by atoms with Gasteiger partial charge in [-0.1, -0.05) is 0 Å². The predicted molar refractivity (Wildman–Crippen MR) is 74.7 cm³/mol. The molecule has 4 atom stereocenters. The molecule has 0 spiro atoms. The minimum Gasteiger partial charge on any atom is -0.393 e. The molecule has 6 heteroatoms. The van der Waals surface area contributed by atoms with Crippen molar-refractivity contribution in [3.8, 4) is 0 Å². The van der Waals surface area contributed by atoms with Crippen molar-refractivity contribution in [2.45, 2.75) is 56.6 Å². The predicted octanol–water partition coefficient (Wildman–Crippen LogP) is -0.792. The third kappa shape index (κ3) is 3.00. The highest BCUT2D eigenvalue weighted by Gasteiger charge is 2.40. The number of aliphatic hydroxyl groups excluding tert-OH is 3. The lowest BCUT2D eigenvalue weighted by Crippen LogP contribution is -2.60. The van der Waals surface area contributed by atoms with Crippen LogP contribution in [-0.4, -0.2) is 87.4 Å². The van der Waals surface area contributed by atoms with Crippen LogP contribution in [0.2, 0.25) is 0 Å². The summed E-state index contributed by atoms with van der Waals surface area (Å²) in [5, 5.41) is 34.7. The fraction of sp³-hybridized carbons (Fsp3) is 1.00. The smallest absolute Gasteiger partial charge is 0.124 e. The molecule has 3 fully saturated rings. The van der Waals surface area contributed by atoms with E-state index in [1.54, 1.807) is 0 Å². The normalized spacial score (nSPS) is 39.5. The number of β-amino-alcohol motifs (C(OH)–C–C–N with tert-alkyl or cyclic N) is 1. The van der Waals surface area contributed by atoms with E-state index in [2.05, 4.69) is 14.9 Å². The van der Waals surface area contributed by atoms with Crippen LogP contribution >= 0.6 is 0 Å². The first-order chi connectivity index (χ1) is 9.65. The highest BCUT2D eigenvalue weighted by molar-refractivity contribution is 4.89. The van der Waals surface area contributed by atoms with Gasteiger partial charge in [0.2, 0.25) is 0 Å². The quantitative estimate of drug-likeness (QED) is 0.631. The number of aliphatic hydroxyl groups is 3. The maximum Gasteiger partial charge on any atom is 0.124 e. The molecule has 3 heterocycles. The molecule has 0 radical (unpaired) electrons. The Labute approximate surface area is 120 Å². The molecule has 3 aliphatic rings. The average molecular weight is 285 g/mol. The zero-order valence-electron chi connectivity index (χ0n) is 12.1. The lowest BCUT2D eigenvalue weighted by Gasteiger charge is -2.46. The summed E-state index contributed by atoms with van der Waals surface area (Å²) < 4.78 is 0. The van der Waals surface area contributed by atoms with Crippen molar-refractivity contribution in [3.63, 3.8) is 0 Å². The number of rotatable bonds is 3. The zero-order valence-corrected chi connectivity index (χ0v) is 12.1. The second kappa shape index (κ2) is 6.25. The van der Waals surface area contributed by atoms with E-state index in [1.165, 1.54) is 0 Å². The minimum absolute atomic E-state index is 0.0536. The van der Waals surface area contributed by atoms with Crippen molar-refractivity contribution in [2.24, 2.45) is 0 Å². The van der Waals surface area contributed by atoms with Gasteiger partial charge in [0, 0.05) is 32.7 Å². The van der Waals surface area contributed by atoms with Crippen LogP contribution < -0.4 is 0 Å². The van der Waals surface area contributed by atoms with Crippen LogP contribution in [0, 0.1) is 0 Å². The van der Waals surface area contributed by atoms with Crippen molar-refractivity contribution >= 4 is 0 Å². The second-order valence-corrected chi connectivity index (χ2v) is 6.42. The summed E-state index contributed by atoms with van der Waals surface area (Å²) in [5.74, 6) is 0. The molecule has 0 aliphatic carbocycles. The van der Waals surface area contributed by atoms with Crippen molar-refractivity contribution in [2.75, 3.05) is 32.7 Å². The molecule has 3 rings (SSSR count). The number of hydrogen-bond donors (Lipinski definition) is 3. The molecule has 4 unspecified atom stereocenters. The molecule has 3 saturated heterocycles. The molecule has 0 aromatic heterocycles. The van der Waals surface area contributed by atoms with Crippen LogP contribution in [0.4, 0.5) is 0 Å².